The number of ether oxygens (including phenoxy) is 1. The van der Waals surface area contributed by atoms with Gasteiger partial charge in [0.15, 0.2) is 0 Å². The highest BCUT2D eigenvalue weighted by atomic mass is 16.5. The van der Waals surface area contributed by atoms with E-state index < -0.39 is 6.04 Å². The van der Waals surface area contributed by atoms with Crippen LogP contribution in [0, 0.1) is 6.92 Å². The van der Waals surface area contributed by atoms with Gasteiger partial charge in [-0.2, -0.15) is 0 Å². The number of morpholine rings is 1. The summed E-state index contributed by atoms with van der Waals surface area (Å²) in [7, 11) is 0. The number of nitrogens with two attached hydrogens (primary N) is 1. The SMILES string of the molecule is CCCC(N)C(=O)N1CC(c2ccccc2C)OCC1C. The Labute approximate surface area is 127 Å². The van der Waals surface area contributed by atoms with Gasteiger partial charge in [-0.25, -0.2) is 0 Å². The normalized spacial score (nSPS) is 23.9. The van der Waals surface area contributed by atoms with Gasteiger partial charge < -0.3 is 15.4 Å². The summed E-state index contributed by atoms with van der Waals surface area (Å²) in [5.74, 6) is 0.0474. The van der Waals surface area contributed by atoms with Gasteiger partial charge in [-0.15, -0.1) is 0 Å². The first-order valence-corrected chi connectivity index (χ1v) is 7.77. The van der Waals surface area contributed by atoms with Crippen molar-refractivity contribution in [1.82, 2.24) is 4.90 Å². The summed E-state index contributed by atoms with van der Waals surface area (Å²) in [6, 6.07) is 7.87. The molecular weight excluding hydrogens is 264 g/mol. The second-order valence-electron chi connectivity index (χ2n) is 5.91. The molecule has 2 N–H and O–H groups in total. The quantitative estimate of drug-likeness (QED) is 0.926. The molecule has 21 heavy (non-hydrogen) atoms. The Kier molecular flexibility index (Phi) is 5.37. The molecule has 1 aromatic rings. The molecule has 116 valence electrons. The molecule has 0 aromatic heterocycles. The Bertz CT molecular complexity index is 489. The predicted molar refractivity (Wildman–Crippen MR) is 83.9 cm³/mol. The second kappa shape index (κ2) is 7.05. The number of aryl methyl sites for hydroxylation is 1. The maximum absolute atomic E-state index is 12.5. The van der Waals surface area contributed by atoms with Gasteiger partial charge in [0.1, 0.15) is 6.10 Å². The van der Waals surface area contributed by atoms with E-state index in [1.807, 2.05) is 30.9 Å². The maximum Gasteiger partial charge on any atom is 0.239 e. The van der Waals surface area contributed by atoms with E-state index in [4.69, 9.17) is 10.5 Å². The summed E-state index contributed by atoms with van der Waals surface area (Å²) >= 11 is 0. The number of carbonyl (C=O) groups excluding carboxylic acids is 1. The van der Waals surface area contributed by atoms with Crippen LogP contribution in [-0.4, -0.2) is 36.0 Å². The van der Waals surface area contributed by atoms with E-state index in [1.54, 1.807) is 0 Å². The highest BCUT2D eigenvalue weighted by Gasteiger charge is 2.32. The molecule has 0 aliphatic carbocycles. The minimum absolute atomic E-state index is 0.0474. The fraction of sp³-hybridized carbons (Fsp3) is 0.588. The smallest absolute Gasteiger partial charge is 0.239 e. The van der Waals surface area contributed by atoms with Crippen molar-refractivity contribution >= 4 is 5.91 Å². The molecule has 0 bridgehead atoms. The number of rotatable bonds is 4. The molecule has 1 aliphatic rings. The van der Waals surface area contributed by atoms with Crippen LogP contribution in [0.1, 0.15) is 43.9 Å². The summed E-state index contributed by atoms with van der Waals surface area (Å²) in [6.45, 7) is 7.29. The summed E-state index contributed by atoms with van der Waals surface area (Å²) < 4.78 is 5.94. The zero-order valence-electron chi connectivity index (χ0n) is 13.2. The largest absolute Gasteiger partial charge is 0.370 e. The van der Waals surface area contributed by atoms with E-state index in [0.717, 1.165) is 18.4 Å². The number of amides is 1. The number of hydrogen-bond donors (Lipinski definition) is 1. The molecule has 1 aliphatic heterocycles. The summed E-state index contributed by atoms with van der Waals surface area (Å²) in [5, 5.41) is 0. The van der Waals surface area contributed by atoms with E-state index in [2.05, 4.69) is 19.1 Å². The van der Waals surface area contributed by atoms with Crippen LogP contribution in [0.5, 0.6) is 0 Å². The third kappa shape index (κ3) is 3.63. The Hall–Kier alpha value is -1.39. The van der Waals surface area contributed by atoms with Crippen molar-refractivity contribution in [2.24, 2.45) is 5.73 Å². The third-order valence-corrected chi connectivity index (χ3v) is 4.17. The van der Waals surface area contributed by atoms with Crippen LogP contribution >= 0.6 is 0 Å². The van der Waals surface area contributed by atoms with E-state index >= 15 is 0 Å². The van der Waals surface area contributed by atoms with Crippen molar-refractivity contribution in [2.45, 2.75) is 51.8 Å². The number of hydrogen-bond acceptors (Lipinski definition) is 3. The molecule has 3 atom stereocenters. The van der Waals surface area contributed by atoms with Gasteiger partial charge in [0.25, 0.3) is 0 Å². The maximum atomic E-state index is 12.5. The summed E-state index contributed by atoms with van der Waals surface area (Å²) in [6.07, 6.45) is 1.60. The fourth-order valence-corrected chi connectivity index (χ4v) is 2.85. The van der Waals surface area contributed by atoms with Crippen LogP contribution in [0.3, 0.4) is 0 Å². The van der Waals surface area contributed by atoms with E-state index in [1.165, 1.54) is 5.56 Å². The van der Waals surface area contributed by atoms with Crippen LogP contribution in [-0.2, 0) is 9.53 Å². The minimum atomic E-state index is -0.395. The van der Waals surface area contributed by atoms with Crippen LogP contribution < -0.4 is 5.73 Å². The van der Waals surface area contributed by atoms with Gasteiger partial charge in [-0.05, 0) is 31.4 Å². The Morgan fingerprint density at radius 1 is 1.48 bits per heavy atom. The Morgan fingerprint density at radius 3 is 2.86 bits per heavy atom. The Balaban J connectivity index is 2.12. The molecule has 1 heterocycles. The van der Waals surface area contributed by atoms with Crippen molar-refractivity contribution in [3.8, 4) is 0 Å². The van der Waals surface area contributed by atoms with Crippen molar-refractivity contribution in [3.05, 3.63) is 35.4 Å². The average Bonchev–Trinajstić information content (AvgIpc) is 2.48. The zero-order chi connectivity index (χ0) is 15.4. The van der Waals surface area contributed by atoms with Crippen LogP contribution in [0.2, 0.25) is 0 Å². The molecule has 0 spiro atoms. The van der Waals surface area contributed by atoms with Crippen molar-refractivity contribution < 1.29 is 9.53 Å². The first kappa shape index (κ1) is 16.0. The average molecular weight is 290 g/mol. The van der Waals surface area contributed by atoms with E-state index in [0.29, 0.717) is 13.2 Å². The second-order valence-corrected chi connectivity index (χ2v) is 5.91. The summed E-state index contributed by atoms with van der Waals surface area (Å²) in [4.78, 5) is 14.4. The number of carbonyl (C=O) groups is 1. The van der Waals surface area contributed by atoms with Gasteiger partial charge in [0.2, 0.25) is 5.91 Å². The fourth-order valence-electron chi connectivity index (χ4n) is 2.85. The number of benzene rings is 1. The van der Waals surface area contributed by atoms with Crippen LogP contribution in [0.4, 0.5) is 0 Å². The van der Waals surface area contributed by atoms with Gasteiger partial charge in [-0.1, -0.05) is 37.6 Å². The standard InChI is InChI=1S/C17H26N2O2/c1-4-7-15(18)17(20)19-10-16(21-11-13(19)3)14-9-6-5-8-12(14)2/h5-6,8-9,13,15-16H,4,7,10-11,18H2,1-3H3. The molecule has 4 heteroatoms. The lowest BCUT2D eigenvalue weighted by Gasteiger charge is -2.39. The van der Waals surface area contributed by atoms with Crippen molar-refractivity contribution in [3.63, 3.8) is 0 Å². The molecular formula is C17H26N2O2. The topological polar surface area (TPSA) is 55.6 Å². The predicted octanol–water partition coefficient (Wildman–Crippen LogP) is 2.41. The monoisotopic (exact) mass is 290 g/mol. The first-order chi connectivity index (χ1) is 10.0. The minimum Gasteiger partial charge on any atom is -0.370 e. The molecule has 0 radical (unpaired) electrons. The van der Waals surface area contributed by atoms with Gasteiger partial charge in [0.05, 0.1) is 25.2 Å². The Morgan fingerprint density at radius 2 is 2.19 bits per heavy atom. The highest BCUT2D eigenvalue weighted by molar-refractivity contribution is 5.82. The lowest BCUT2D eigenvalue weighted by atomic mass is 10.0. The van der Waals surface area contributed by atoms with Gasteiger partial charge in [-0.3, -0.25) is 4.79 Å². The lowest BCUT2D eigenvalue weighted by Crippen LogP contribution is -2.53. The molecule has 1 aromatic carbocycles. The lowest BCUT2D eigenvalue weighted by molar-refractivity contribution is -0.146. The first-order valence-electron chi connectivity index (χ1n) is 7.77. The number of nitrogens with zero attached hydrogens (tertiary/aromatic N) is 1. The molecule has 1 amide bonds. The molecule has 3 unspecified atom stereocenters. The van der Waals surface area contributed by atoms with Gasteiger partial charge in [0, 0.05) is 0 Å². The van der Waals surface area contributed by atoms with Crippen LogP contribution in [0.25, 0.3) is 0 Å². The highest BCUT2D eigenvalue weighted by Crippen LogP contribution is 2.27. The van der Waals surface area contributed by atoms with Crippen molar-refractivity contribution in [1.29, 1.82) is 0 Å². The summed E-state index contributed by atoms with van der Waals surface area (Å²) in [5.41, 5.74) is 8.36. The molecule has 2 rings (SSSR count). The van der Waals surface area contributed by atoms with E-state index in [9.17, 15) is 4.79 Å². The van der Waals surface area contributed by atoms with Crippen molar-refractivity contribution in [2.75, 3.05) is 13.2 Å². The third-order valence-electron chi connectivity index (χ3n) is 4.17. The van der Waals surface area contributed by atoms with Crippen LogP contribution in [0.15, 0.2) is 24.3 Å². The molecule has 0 saturated carbocycles. The zero-order valence-corrected chi connectivity index (χ0v) is 13.2. The molecule has 1 fully saturated rings. The molecule has 1 saturated heterocycles. The van der Waals surface area contributed by atoms with E-state index in [-0.39, 0.29) is 18.1 Å². The van der Waals surface area contributed by atoms with Gasteiger partial charge >= 0.3 is 0 Å². The molecule has 4 nitrogen and oxygen atoms in total.